The second-order valence-corrected chi connectivity index (χ2v) is 7.94. The van der Waals surface area contributed by atoms with Crippen LogP contribution in [0.1, 0.15) is 34.3 Å². The first kappa shape index (κ1) is 18.2. The first-order valence-electron chi connectivity index (χ1n) is 9.19. The smallest absolute Gasteiger partial charge is 0.254 e. The van der Waals surface area contributed by atoms with Crippen LogP contribution in [0.2, 0.25) is 0 Å². The second-order valence-electron chi connectivity index (χ2n) is 7.09. The van der Waals surface area contributed by atoms with Gasteiger partial charge in [-0.25, -0.2) is 0 Å². The number of aromatic amines is 1. The Hall–Kier alpha value is -2.18. The normalized spacial score (nSPS) is 16.7. The van der Waals surface area contributed by atoms with E-state index >= 15 is 0 Å². The molecule has 4 rings (SSSR count). The van der Waals surface area contributed by atoms with Crippen LogP contribution >= 0.6 is 15.9 Å². The zero-order valence-corrected chi connectivity index (χ0v) is 16.8. The van der Waals surface area contributed by atoms with Crippen molar-refractivity contribution in [2.24, 2.45) is 0 Å². The minimum Gasteiger partial charge on any atom is -0.376 e. The molecule has 1 unspecified atom stereocenters. The van der Waals surface area contributed by atoms with Crippen molar-refractivity contribution in [1.82, 2.24) is 15.1 Å². The summed E-state index contributed by atoms with van der Waals surface area (Å²) in [6, 6.07) is 11.9. The standard InChI is InChI=1S/C21H22BrN3O2/c1-14-4-5-16(19(22)9-14)12-25(13-18-3-2-8-27-18)21(26)15-6-7-20-17(10-15)11-23-24-20/h4-7,9-11,18H,2-3,8,12-13H2,1H3,(H,23,24). The maximum Gasteiger partial charge on any atom is 0.254 e. The molecule has 1 saturated heterocycles. The lowest BCUT2D eigenvalue weighted by molar-refractivity contribution is 0.0507. The van der Waals surface area contributed by atoms with Gasteiger partial charge in [-0.05, 0) is 55.2 Å². The van der Waals surface area contributed by atoms with Gasteiger partial charge in [0.25, 0.3) is 5.91 Å². The number of rotatable bonds is 5. The van der Waals surface area contributed by atoms with E-state index in [2.05, 4.69) is 51.3 Å². The van der Waals surface area contributed by atoms with Crippen molar-refractivity contribution in [2.45, 2.75) is 32.4 Å². The van der Waals surface area contributed by atoms with Crippen LogP contribution in [0.25, 0.3) is 10.9 Å². The number of nitrogens with zero attached hydrogens (tertiary/aromatic N) is 2. The molecule has 0 bridgehead atoms. The summed E-state index contributed by atoms with van der Waals surface area (Å²) in [6.07, 6.45) is 3.91. The minimum atomic E-state index is 0.0149. The van der Waals surface area contributed by atoms with Gasteiger partial charge in [-0.1, -0.05) is 28.1 Å². The summed E-state index contributed by atoms with van der Waals surface area (Å²) >= 11 is 3.64. The maximum absolute atomic E-state index is 13.3. The number of H-pyrrole nitrogens is 1. The number of aromatic nitrogens is 2. The molecule has 27 heavy (non-hydrogen) atoms. The summed E-state index contributed by atoms with van der Waals surface area (Å²) in [7, 11) is 0. The van der Waals surface area contributed by atoms with E-state index < -0.39 is 0 Å². The number of nitrogens with one attached hydrogen (secondary N) is 1. The highest BCUT2D eigenvalue weighted by Gasteiger charge is 2.24. The number of ether oxygens (including phenoxy) is 1. The molecule has 2 heterocycles. The van der Waals surface area contributed by atoms with Crippen LogP contribution in [-0.2, 0) is 11.3 Å². The number of aryl methyl sites for hydroxylation is 1. The molecular weight excluding hydrogens is 406 g/mol. The van der Waals surface area contributed by atoms with Gasteiger partial charge in [0.05, 0.1) is 17.8 Å². The number of carbonyl (C=O) groups is 1. The topological polar surface area (TPSA) is 58.2 Å². The fraction of sp³-hybridized carbons (Fsp3) is 0.333. The van der Waals surface area contributed by atoms with E-state index in [1.54, 1.807) is 6.20 Å². The average molecular weight is 428 g/mol. The number of fused-ring (bicyclic) bond motifs is 1. The molecule has 1 aliphatic heterocycles. The Labute approximate surface area is 166 Å². The Morgan fingerprint density at radius 3 is 3.00 bits per heavy atom. The van der Waals surface area contributed by atoms with Crippen LogP contribution in [-0.4, -0.2) is 40.3 Å². The van der Waals surface area contributed by atoms with Crippen molar-refractivity contribution in [3.63, 3.8) is 0 Å². The van der Waals surface area contributed by atoms with E-state index in [9.17, 15) is 4.79 Å². The second kappa shape index (κ2) is 7.82. The molecule has 0 radical (unpaired) electrons. The Balaban J connectivity index is 1.62. The van der Waals surface area contributed by atoms with Crippen LogP contribution in [0, 0.1) is 6.92 Å². The fourth-order valence-corrected chi connectivity index (χ4v) is 4.12. The van der Waals surface area contributed by atoms with Gasteiger partial charge in [-0.3, -0.25) is 9.89 Å². The molecule has 1 aliphatic rings. The van der Waals surface area contributed by atoms with Crippen LogP contribution in [0.3, 0.4) is 0 Å². The van der Waals surface area contributed by atoms with Gasteiger partial charge in [0.1, 0.15) is 0 Å². The fourth-order valence-electron chi connectivity index (χ4n) is 3.50. The predicted octanol–water partition coefficient (Wildman–Crippen LogP) is 4.46. The Kier molecular flexibility index (Phi) is 5.27. The van der Waals surface area contributed by atoms with Crippen LogP contribution < -0.4 is 0 Å². The van der Waals surface area contributed by atoms with Crippen molar-refractivity contribution >= 4 is 32.7 Å². The van der Waals surface area contributed by atoms with E-state index in [-0.39, 0.29) is 12.0 Å². The van der Waals surface area contributed by atoms with E-state index in [4.69, 9.17) is 4.74 Å². The number of hydrogen-bond donors (Lipinski definition) is 1. The zero-order chi connectivity index (χ0) is 18.8. The van der Waals surface area contributed by atoms with E-state index in [1.807, 2.05) is 23.1 Å². The van der Waals surface area contributed by atoms with Crippen molar-refractivity contribution < 1.29 is 9.53 Å². The molecule has 1 fully saturated rings. The lowest BCUT2D eigenvalue weighted by Gasteiger charge is -2.26. The Morgan fingerprint density at radius 1 is 1.33 bits per heavy atom. The molecule has 3 aromatic rings. The third-order valence-electron chi connectivity index (χ3n) is 4.99. The van der Waals surface area contributed by atoms with Gasteiger partial charge in [0.15, 0.2) is 0 Å². The molecule has 1 atom stereocenters. The third-order valence-corrected chi connectivity index (χ3v) is 5.73. The lowest BCUT2D eigenvalue weighted by Crippen LogP contribution is -2.37. The first-order valence-corrected chi connectivity index (χ1v) is 9.98. The average Bonchev–Trinajstić information content (AvgIpc) is 3.33. The Morgan fingerprint density at radius 2 is 2.22 bits per heavy atom. The van der Waals surface area contributed by atoms with Crippen molar-refractivity contribution in [2.75, 3.05) is 13.2 Å². The molecule has 0 saturated carbocycles. The highest BCUT2D eigenvalue weighted by molar-refractivity contribution is 9.10. The molecule has 1 amide bonds. The number of amides is 1. The highest BCUT2D eigenvalue weighted by Crippen LogP contribution is 2.23. The Bertz CT molecular complexity index is 963. The van der Waals surface area contributed by atoms with Crippen molar-refractivity contribution in [3.8, 4) is 0 Å². The molecule has 1 N–H and O–H groups in total. The molecule has 5 nitrogen and oxygen atoms in total. The summed E-state index contributed by atoms with van der Waals surface area (Å²) < 4.78 is 6.82. The maximum atomic E-state index is 13.3. The molecule has 0 spiro atoms. The van der Waals surface area contributed by atoms with Gasteiger partial charge in [-0.2, -0.15) is 5.10 Å². The summed E-state index contributed by atoms with van der Waals surface area (Å²) in [5.74, 6) is 0.0149. The van der Waals surface area contributed by atoms with Crippen molar-refractivity contribution in [3.05, 3.63) is 63.8 Å². The van der Waals surface area contributed by atoms with E-state index in [0.717, 1.165) is 40.4 Å². The number of halogens is 1. The zero-order valence-electron chi connectivity index (χ0n) is 15.2. The number of carbonyl (C=O) groups excluding carboxylic acids is 1. The van der Waals surface area contributed by atoms with E-state index in [1.165, 1.54) is 5.56 Å². The quantitative estimate of drug-likeness (QED) is 0.653. The number of benzene rings is 2. The summed E-state index contributed by atoms with van der Waals surface area (Å²) in [4.78, 5) is 15.2. The predicted molar refractivity (Wildman–Crippen MR) is 109 cm³/mol. The SMILES string of the molecule is Cc1ccc(CN(CC2CCCO2)C(=O)c2ccc3[nH]ncc3c2)c(Br)c1. The third kappa shape index (κ3) is 4.06. The van der Waals surface area contributed by atoms with Crippen LogP contribution in [0.5, 0.6) is 0 Å². The summed E-state index contributed by atoms with van der Waals surface area (Å²) in [6.45, 7) is 3.98. The largest absolute Gasteiger partial charge is 0.376 e. The van der Waals surface area contributed by atoms with Crippen LogP contribution in [0.4, 0.5) is 0 Å². The van der Waals surface area contributed by atoms with Gasteiger partial charge >= 0.3 is 0 Å². The summed E-state index contributed by atoms with van der Waals surface area (Å²) in [5.41, 5.74) is 3.88. The summed E-state index contributed by atoms with van der Waals surface area (Å²) in [5, 5.41) is 7.91. The molecule has 0 aliphatic carbocycles. The molecule has 2 aromatic carbocycles. The van der Waals surface area contributed by atoms with Gasteiger partial charge in [0, 0.05) is 35.1 Å². The molecule has 140 valence electrons. The van der Waals surface area contributed by atoms with Crippen LogP contribution in [0.15, 0.2) is 47.1 Å². The van der Waals surface area contributed by atoms with E-state index in [0.29, 0.717) is 18.7 Å². The monoisotopic (exact) mass is 427 g/mol. The van der Waals surface area contributed by atoms with Gasteiger partial charge in [-0.15, -0.1) is 0 Å². The van der Waals surface area contributed by atoms with Gasteiger partial charge in [0.2, 0.25) is 0 Å². The highest BCUT2D eigenvalue weighted by atomic mass is 79.9. The van der Waals surface area contributed by atoms with Crippen molar-refractivity contribution in [1.29, 1.82) is 0 Å². The molecular formula is C21H22BrN3O2. The molecule has 6 heteroatoms. The minimum absolute atomic E-state index is 0.0149. The first-order chi connectivity index (χ1) is 13.1. The lowest BCUT2D eigenvalue weighted by atomic mass is 10.1. The molecule has 1 aromatic heterocycles. The number of hydrogen-bond acceptors (Lipinski definition) is 3. The van der Waals surface area contributed by atoms with Gasteiger partial charge < -0.3 is 9.64 Å².